The van der Waals surface area contributed by atoms with Gasteiger partial charge in [0.15, 0.2) is 0 Å². The van der Waals surface area contributed by atoms with Crippen LogP contribution in [0.1, 0.15) is 31.1 Å². The molecule has 102 valence electrons. The molecule has 1 aliphatic rings. The Balaban J connectivity index is 1.69. The average Bonchev–Trinajstić information content (AvgIpc) is 3.02. The molecule has 1 aromatic rings. The van der Waals surface area contributed by atoms with Gasteiger partial charge in [-0.05, 0) is 25.5 Å². The van der Waals surface area contributed by atoms with Crippen molar-refractivity contribution in [3.8, 4) is 0 Å². The van der Waals surface area contributed by atoms with Gasteiger partial charge in [-0.1, -0.05) is 6.92 Å². The Bertz CT molecular complexity index is 332. The van der Waals surface area contributed by atoms with Gasteiger partial charge in [0, 0.05) is 24.6 Å². The molecule has 0 aliphatic carbocycles. The molecule has 1 saturated heterocycles. The van der Waals surface area contributed by atoms with Crippen LogP contribution >= 0.6 is 0 Å². The largest absolute Gasteiger partial charge is 0.467 e. The van der Waals surface area contributed by atoms with E-state index in [0.717, 1.165) is 51.5 Å². The van der Waals surface area contributed by atoms with E-state index in [0.29, 0.717) is 12.5 Å². The van der Waals surface area contributed by atoms with Crippen molar-refractivity contribution in [1.82, 2.24) is 5.32 Å². The first-order valence-electron chi connectivity index (χ1n) is 6.81. The molecule has 1 unspecified atom stereocenters. The third-order valence-corrected chi connectivity index (χ3v) is 3.19. The quantitative estimate of drug-likeness (QED) is 0.722. The van der Waals surface area contributed by atoms with Crippen LogP contribution in [0.5, 0.6) is 0 Å². The number of hydrogen-bond donors (Lipinski definition) is 1. The van der Waals surface area contributed by atoms with Gasteiger partial charge in [0.25, 0.3) is 0 Å². The van der Waals surface area contributed by atoms with E-state index in [1.165, 1.54) is 5.56 Å². The Hall–Kier alpha value is -0.840. The first kappa shape index (κ1) is 13.6. The maximum Gasteiger partial charge on any atom is 0.133 e. The second kappa shape index (κ2) is 7.56. The predicted molar refractivity (Wildman–Crippen MR) is 69.3 cm³/mol. The molecule has 0 bridgehead atoms. The van der Waals surface area contributed by atoms with Crippen molar-refractivity contribution in [2.45, 2.75) is 32.9 Å². The molecular formula is C14H23NO3. The maximum absolute atomic E-state index is 5.71. The summed E-state index contributed by atoms with van der Waals surface area (Å²) < 4.78 is 16.5. The Kier molecular flexibility index (Phi) is 5.71. The molecule has 1 aliphatic heterocycles. The van der Waals surface area contributed by atoms with Crippen LogP contribution in [0, 0.1) is 5.92 Å². The van der Waals surface area contributed by atoms with Crippen LogP contribution in [0.15, 0.2) is 16.7 Å². The van der Waals surface area contributed by atoms with Gasteiger partial charge in [-0.15, -0.1) is 0 Å². The van der Waals surface area contributed by atoms with Crippen molar-refractivity contribution in [3.05, 3.63) is 23.7 Å². The fraction of sp³-hybridized carbons (Fsp3) is 0.714. The summed E-state index contributed by atoms with van der Waals surface area (Å²) in [5.74, 6) is 1.50. The average molecular weight is 253 g/mol. The zero-order valence-electron chi connectivity index (χ0n) is 11.1. The molecule has 1 N–H and O–H groups in total. The standard InChI is InChI=1S/C14H23NO3/c1-2-5-15-8-13-4-7-18-14(13)11-17-10-12-3-6-16-9-12/h4,7,12,15H,2-3,5-6,8-11H2,1H3. The lowest BCUT2D eigenvalue weighted by molar-refractivity contribution is 0.0685. The predicted octanol–water partition coefficient (Wildman–Crippen LogP) is 2.33. The summed E-state index contributed by atoms with van der Waals surface area (Å²) in [5, 5.41) is 3.37. The highest BCUT2D eigenvalue weighted by molar-refractivity contribution is 5.16. The molecule has 0 radical (unpaired) electrons. The maximum atomic E-state index is 5.71. The molecule has 4 heteroatoms. The summed E-state index contributed by atoms with van der Waals surface area (Å²) in [5.41, 5.74) is 1.20. The van der Waals surface area contributed by atoms with Gasteiger partial charge in [-0.25, -0.2) is 0 Å². The van der Waals surface area contributed by atoms with E-state index >= 15 is 0 Å². The van der Waals surface area contributed by atoms with E-state index in [4.69, 9.17) is 13.9 Å². The van der Waals surface area contributed by atoms with Crippen molar-refractivity contribution >= 4 is 0 Å². The van der Waals surface area contributed by atoms with Crippen molar-refractivity contribution < 1.29 is 13.9 Å². The van der Waals surface area contributed by atoms with Gasteiger partial charge < -0.3 is 19.2 Å². The fourth-order valence-corrected chi connectivity index (χ4v) is 2.08. The second-order valence-corrected chi connectivity index (χ2v) is 4.79. The monoisotopic (exact) mass is 253 g/mol. The number of furan rings is 1. The molecule has 0 saturated carbocycles. The van der Waals surface area contributed by atoms with Crippen LogP contribution in [0.2, 0.25) is 0 Å². The van der Waals surface area contributed by atoms with Crippen molar-refractivity contribution in [2.24, 2.45) is 5.92 Å². The topological polar surface area (TPSA) is 43.6 Å². The van der Waals surface area contributed by atoms with Crippen molar-refractivity contribution in [2.75, 3.05) is 26.4 Å². The fourth-order valence-electron chi connectivity index (χ4n) is 2.08. The molecular weight excluding hydrogens is 230 g/mol. The van der Waals surface area contributed by atoms with Gasteiger partial charge in [-0.3, -0.25) is 0 Å². The minimum absolute atomic E-state index is 0.557. The minimum atomic E-state index is 0.557. The molecule has 1 fully saturated rings. The zero-order chi connectivity index (χ0) is 12.6. The Morgan fingerprint density at radius 2 is 2.44 bits per heavy atom. The van der Waals surface area contributed by atoms with Crippen LogP contribution in [0.3, 0.4) is 0 Å². The summed E-state index contributed by atoms with van der Waals surface area (Å²) in [6.45, 7) is 7.09. The summed E-state index contributed by atoms with van der Waals surface area (Å²) in [4.78, 5) is 0. The summed E-state index contributed by atoms with van der Waals surface area (Å²) in [7, 11) is 0. The van der Waals surface area contributed by atoms with Gasteiger partial charge in [-0.2, -0.15) is 0 Å². The van der Waals surface area contributed by atoms with Crippen molar-refractivity contribution in [1.29, 1.82) is 0 Å². The molecule has 0 spiro atoms. The van der Waals surface area contributed by atoms with Crippen LogP contribution in [-0.4, -0.2) is 26.4 Å². The van der Waals surface area contributed by atoms with E-state index in [9.17, 15) is 0 Å². The number of hydrogen-bond acceptors (Lipinski definition) is 4. The normalized spacial score (nSPS) is 19.5. The lowest BCUT2D eigenvalue weighted by Gasteiger charge is -2.08. The van der Waals surface area contributed by atoms with E-state index in [1.54, 1.807) is 6.26 Å². The lowest BCUT2D eigenvalue weighted by atomic mass is 10.1. The summed E-state index contributed by atoms with van der Waals surface area (Å²) in [6, 6.07) is 2.01. The Labute approximate surface area is 109 Å². The Morgan fingerprint density at radius 1 is 1.50 bits per heavy atom. The number of rotatable bonds is 8. The molecule has 2 heterocycles. The zero-order valence-corrected chi connectivity index (χ0v) is 11.1. The molecule has 0 aromatic carbocycles. The van der Waals surface area contributed by atoms with Gasteiger partial charge in [0.1, 0.15) is 12.4 Å². The number of nitrogens with one attached hydrogen (secondary N) is 1. The summed E-state index contributed by atoms with van der Waals surface area (Å²) in [6.07, 6.45) is 3.99. The van der Waals surface area contributed by atoms with Crippen LogP contribution in [-0.2, 0) is 22.6 Å². The molecule has 4 nitrogen and oxygen atoms in total. The number of ether oxygens (including phenoxy) is 2. The molecule has 0 amide bonds. The summed E-state index contributed by atoms with van der Waals surface area (Å²) >= 11 is 0. The minimum Gasteiger partial charge on any atom is -0.467 e. The first-order chi connectivity index (χ1) is 8.90. The van der Waals surface area contributed by atoms with Gasteiger partial charge in [0.05, 0.1) is 19.5 Å². The van der Waals surface area contributed by atoms with Crippen LogP contribution in [0.4, 0.5) is 0 Å². The van der Waals surface area contributed by atoms with E-state index in [-0.39, 0.29) is 0 Å². The highest BCUT2D eigenvalue weighted by Gasteiger charge is 2.16. The van der Waals surface area contributed by atoms with E-state index < -0.39 is 0 Å². The molecule has 2 rings (SSSR count). The third kappa shape index (κ3) is 4.12. The second-order valence-electron chi connectivity index (χ2n) is 4.79. The third-order valence-electron chi connectivity index (χ3n) is 3.19. The highest BCUT2D eigenvalue weighted by Crippen LogP contribution is 2.15. The van der Waals surface area contributed by atoms with E-state index in [2.05, 4.69) is 12.2 Å². The molecule has 1 aromatic heterocycles. The van der Waals surface area contributed by atoms with Crippen molar-refractivity contribution in [3.63, 3.8) is 0 Å². The lowest BCUT2D eigenvalue weighted by Crippen LogP contribution is -2.15. The SMILES string of the molecule is CCCNCc1ccoc1COCC1CCOC1. The van der Waals surface area contributed by atoms with Gasteiger partial charge >= 0.3 is 0 Å². The molecule has 1 atom stereocenters. The molecule has 18 heavy (non-hydrogen) atoms. The smallest absolute Gasteiger partial charge is 0.133 e. The van der Waals surface area contributed by atoms with Gasteiger partial charge in [0.2, 0.25) is 0 Å². The van der Waals surface area contributed by atoms with Crippen LogP contribution in [0.25, 0.3) is 0 Å². The highest BCUT2D eigenvalue weighted by atomic mass is 16.5. The van der Waals surface area contributed by atoms with E-state index in [1.807, 2.05) is 6.07 Å². The van der Waals surface area contributed by atoms with Crippen LogP contribution < -0.4 is 5.32 Å². The Morgan fingerprint density at radius 3 is 3.22 bits per heavy atom. The first-order valence-corrected chi connectivity index (χ1v) is 6.81.